The molecule has 100 valence electrons. The summed E-state index contributed by atoms with van der Waals surface area (Å²) in [7, 11) is 0. The van der Waals surface area contributed by atoms with E-state index in [-0.39, 0.29) is 18.0 Å². The SMILES string of the molecule is Cc1cc(F)ccc1CC(NN)C1COCCO1. The molecule has 4 nitrogen and oxygen atoms in total. The lowest BCUT2D eigenvalue weighted by molar-refractivity contribution is -0.101. The highest BCUT2D eigenvalue weighted by Gasteiger charge is 2.24. The number of hydrogen-bond donors (Lipinski definition) is 2. The van der Waals surface area contributed by atoms with E-state index in [1.807, 2.05) is 6.92 Å². The Bertz CT molecular complexity index is 395. The fourth-order valence-corrected chi connectivity index (χ4v) is 2.16. The minimum Gasteiger partial charge on any atom is -0.376 e. The quantitative estimate of drug-likeness (QED) is 0.620. The summed E-state index contributed by atoms with van der Waals surface area (Å²) in [5, 5.41) is 0. The number of nitrogens with two attached hydrogens (primary N) is 1. The summed E-state index contributed by atoms with van der Waals surface area (Å²) in [6.07, 6.45) is 0.629. The maximum Gasteiger partial charge on any atom is 0.123 e. The Morgan fingerprint density at radius 3 is 2.94 bits per heavy atom. The molecule has 1 saturated heterocycles. The molecule has 1 aromatic rings. The molecule has 1 aliphatic heterocycles. The monoisotopic (exact) mass is 254 g/mol. The number of benzene rings is 1. The molecule has 0 aliphatic carbocycles. The number of hydrazine groups is 1. The van der Waals surface area contributed by atoms with Crippen molar-refractivity contribution in [3.8, 4) is 0 Å². The van der Waals surface area contributed by atoms with Crippen LogP contribution >= 0.6 is 0 Å². The van der Waals surface area contributed by atoms with Crippen molar-refractivity contribution in [2.45, 2.75) is 25.5 Å². The third-order valence-electron chi connectivity index (χ3n) is 3.25. The normalized spacial score (nSPS) is 21.8. The van der Waals surface area contributed by atoms with Gasteiger partial charge in [-0.2, -0.15) is 0 Å². The van der Waals surface area contributed by atoms with Gasteiger partial charge in [-0.15, -0.1) is 0 Å². The number of nitrogens with one attached hydrogen (secondary N) is 1. The smallest absolute Gasteiger partial charge is 0.123 e. The van der Waals surface area contributed by atoms with Crippen molar-refractivity contribution in [2.75, 3.05) is 19.8 Å². The van der Waals surface area contributed by atoms with Crippen LogP contribution in [0.25, 0.3) is 0 Å². The highest BCUT2D eigenvalue weighted by molar-refractivity contribution is 5.27. The van der Waals surface area contributed by atoms with E-state index in [1.54, 1.807) is 6.07 Å². The van der Waals surface area contributed by atoms with Crippen molar-refractivity contribution in [1.82, 2.24) is 5.43 Å². The Morgan fingerprint density at radius 1 is 1.50 bits per heavy atom. The molecular weight excluding hydrogens is 235 g/mol. The number of aryl methyl sites for hydroxylation is 1. The number of hydrogen-bond acceptors (Lipinski definition) is 4. The third kappa shape index (κ3) is 3.26. The van der Waals surface area contributed by atoms with Crippen molar-refractivity contribution in [2.24, 2.45) is 5.84 Å². The first-order chi connectivity index (χ1) is 8.70. The van der Waals surface area contributed by atoms with E-state index in [1.165, 1.54) is 12.1 Å². The van der Waals surface area contributed by atoms with Crippen LogP contribution in [0.1, 0.15) is 11.1 Å². The van der Waals surface area contributed by atoms with E-state index < -0.39 is 0 Å². The zero-order valence-corrected chi connectivity index (χ0v) is 10.5. The summed E-state index contributed by atoms with van der Waals surface area (Å²) in [5.41, 5.74) is 4.75. The van der Waals surface area contributed by atoms with Gasteiger partial charge in [-0.05, 0) is 36.6 Å². The average molecular weight is 254 g/mol. The topological polar surface area (TPSA) is 56.5 Å². The molecule has 1 heterocycles. The zero-order chi connectivity index (χ0) is 13.0. The van der Waals surface area contributed by atoms with Gasteiger partial charge in [0, 0.05) is 0 Å². The van der Waals surface area contributed by atoms with Crippen LogP contribution in [0.3, 0.4) is 0 Å². The first-order valence-electron chi connectivity index (χ1n) is 6.11. The van der Waals surface area contributed by atoms with Crippen LogP contribution in [0.2, 0.25) is 0 Å². The van der Waals surface area contributed by atoms with E-state index in [2.05, 4.69) is 5.43 Å². The molecule has 0 bridgehead atoms. The molecule has 2 rings (SSSR count). The molecule has 1 aromatic carbocycles. The number of halogens is 1. The Hall–Kier alpha value is -1.01. The van der Waals surface area contributed by atoms with Crippen LogP contribution in [0.4, 0.5) is 4.39 Å². The van der Waals surface area contributed by atoms with E-state index in [0.29, 0.717) is 26.2 Å². The largest absolute Gasteiger partial charge is 0.376 e. The van der Waals surface area contributed by atoms with Gasteiger partial charge in [-0.3, -0.25) is 11.3 Å². The summed E-state index contributed by atoms with van der Waals surface area (Å²) in [6, 6.07) is 4.75. The Morgan fingerprint density at radius 2 is 2.33 bits per heavy atom. The van der Waals surface area contributed by atoms with Gasteiger partial charge >= 0.3 is 0 Å². The molecule has 2 atom stereocenters. The Balaban J connectivity index is 2.04. The number of rotatable bonds is 4. The lowest BCUT2D eigenvalue weighted by atomic mass is 9.98. The van der Waals surface area contributed by atoms with Crippen molar-refractivity contribution < 1.29 is 13.9 Å². The molecule has 1 aliphatic rings. The van der Waals surface area contributed by atoms with Gasteiger partial charge in [0.15, 0.2) is 0 Å². The van der Waals surface area contributed by atoms with Gasteiger partial charge in [-0.1, -0.05) is 6.07 Å². The second-order valence-electron chi connectivity index (χ2n) is 4.53. The van der Waals surface area contributed by atoms with Gasteiger partial charge < -0.3 is 9.47 Å². The van der Waals surface area contributed by atoms with Crippen molar-refractivity contribution in [1.29, 1.82) is 0 Å². The summed E-state index contributed by atoms with van der Waals surface area (Å²) in [4.78, 5) is 0. The van der Waals surface area contributed by atoms with Crippen molar-refractivity contribution in [3.05, 3.63) is 35.1 Å². The van der Waals surface area contributed by atoms with Crippen LogP contribution in [0.5, 0.6) is 0 Å². The predicted molar refractivity (Wildman–Crippen MR) is 66.5 cm³/mol. The van der Waals surface area contributed by atoms with Gasteiger partial charge in [0.1, 0.15) is 5.82 Å². The van der Waals surface area contributed by atoms with E-state index in [9.17, 15) is 4.39 Å². The second kappa shape index (κ2) is 6.24. The zero-order valence-electron chi connectivity index (χ0n) is 10.5. The van der Waals surface area contributed by atoms with E-state index in [4.69, 9.17) is 15.3 Å². The summed E-state index contributed by atoms with van der Waals surface area (Å²) >= 11 is 0. The average Bonchev–Trinajstić information content (AvgIpc) is 2.39. The van der Waals surface area contributed by atoms with Gasteiger partial charge in [-0.25, -0.2) is 4.39 Å². The first kappa shape index (κ1) is 13.4. The third-order valence-corrected chi connectivity index (χ3v) is 3.25. The predicted octanol–water partition coefficient (Wildman–Crippen LogP) is 0.924. The van der Waals surface area contributed by atoms with Gasteiger partial charge in [0.25, 0.3) is 0 Å². The fraction of sp³-hybridized carbons (Fsp3) is 0.538. The minimum absolute atomic E-state index is 0.0329. The fourth-order valence-electron chi connectivity index (χ4n) is 2.16. The van der Waals surface area contributed by atoms with Crippen LogP contribution < -0.4 is 11.3 Å². The highest BCUT2D eigenvalue weighted by Crippen LogP contribution is 2.15. The van der Waals surface area contributed by atoms with Crippen LogP contribution in [-0.4, -0.2) is 32.0 Å². The van der Waals surface area contributed by atoms with Crippen LogP contribution in [0.15, 0.2) is 18.2 Å². The molecule has 0 aromatic heterocycles. The molecule has 3 N–H and O–H groups in total. The standard InChI is InChI=1S/C13H19FN2O2/c1-9-6-11(14)3-2-10(9)7-12(16-15)13-8-17-4-5-18-13/h2-3,6,12-13,16H,4-5,7-8,15H2,1H3. The maximum absolute atomic E-state index is 13.0. The highest BCUT2D eigenvalue weighted by atomic mass is 19.1. The first-order valence-corrected chi connectivity index (χ1v) is 6.11. The summed E-state index contributed by atoms with van der Waals surface area (Å²) in [6.45, 7) is 3.65. The minimum atomic E-state index is -0.217. The van der Waals surface area contributed by atoms with Crippen molar-refractivity contribution in [3.63, 3.8) is 0 Å². The lowest BCUT2D eigenvalue weighted by Crippen LogP contribution is -2.50. The van der Waals surface area contributed by atoms with Crippen LogP contribution in [-0.2, 0) is 15.9 Å². The number of ether oxygens (including phenoxy) is 2. The van der Waals surface area contributed by atoms with Crippen molar-refractivity contribution >= 4 is 0 Å². The molecule has 5 heteroatoms. The van der Waals surface area contributed by atoms with E-state index >= 15 is 0 Å². The molecule has 18 heavy (non-hydrogen) atoms. The molecule has 0 amide bonds. The summed E-state index contributed by atoms with van der Waals surface area (Å²) < 4.78 is 24.0. The Labute approximate surface area is 106 Å². The van der Waals surface area contributed by atoms with Gasteiger partial charge in [0.05, 0.1) is 32.0 Å². The second-order valence-corrected chi connectivity index (χ2v) is 4.53. The summed E-state index contributed by atoms with van der Waals surface area (Å²) in [5.74, 6) is 5.35. The molecule has 0 spiro atoms. The molecular formula is C13H19FN2O2. The van der Waals surface area contributed by atoms with Crippen LogP contribution in [0, 0.1) is 12.7 Å². The van der Waals surface area contributed by atoms with Gasteiger partial charge in [0.2, 0.25) is 0 Å². The molecule has 2 unspecified atom stereocenters. The molecule has 0 saturated carbocycles. The molecule has 1 fully saturated rings. The van der Waals surface area contributed by atoms with E-state index in [0.717, 1.165) is 11.1 Å². The lowest BCUT2D eigenvalue weighted by Gasteiger charge is -2.30. The molecule has 0 radical (unpaired) electrons. The maximum atomic E-state index is 13.0. The Kier molecular flexibility index (Phi) is 4.66.